The van der Waals surface area contributed by atoms with Crippen LogP contribution in [0.15, 0.2) is 67.1 Å². The van der Waals surface area contributed by atoms with E-state index in [2.05, 4.69) is 15.3 Å². The van der Waals surface area contributed by atoms with Gasteiger partial charge in [0.05, 0.1) is 11.8 Å². The molecule has 5 heteroatoms. The van der Waals surface area contributed by atoms with Crippen LogP contribution in [0.25, 0.3) is 11.3 Å². The molecular weight excluding hydrogens is 314 g/mol. The predicted octanol–water partition coefficient (Wildman–Crippen LogP) is 2.92. The number of aliphatic hydroxyl groups excluding tert-OH is 1. The molecule has 2 aromatic heterocycles. The highest BCUT2D eigenvalue weighted by Crippen LogP contribution is 2.24. The fourth-order valence-corrected chi connectivity index (χ4v) is 2.66. The number of amides is 1. The van der Waals surface area contributed by atoms with Crippen LogP contribution in [0, 0.1) is 6.92 Å². The molecule has 2 heterocycles. The molecule has 0 radical (unpaired) electrons. The number of carbonyl (C=O) groups excluding carboxylic acids is 1. The van der Waals surface area contributed by atoms with Crippen LogP contribution < -0.4 is 5.32 Å². The maximum atomic E-state index is 12.5. The van der Waals surface area contributed by atoms with Gasteiger partial charge >= 0.3 is 0 Å². The Labute approximate surface area is 146 Å². The average molecular weight is 333 g/mol. The lowest BCUT2D eigenvalue weighted by atomic mass is 9.99. The van der Waals surface area contributed by atoms with Gasteiger partial charge < -0.3 is 10.4 Å². The van der Waals surface area contributed by atoms with E-state index in [1.165, 1.54) is 0 Å². The van der Waals surface area contributed by atoms with Crippen LogP contribution >= 0.6 is 0 Å². The minimum Gasteiger partial charge on any atom is -0.387 e. The first-order valence-corrected chi connectivity index (χ1v) is 8.04. The van der Waals surface area contributed by atoms with E-state index in [4.69, 9.17) is 0 Å². The Hall–Kier alpha value is -3.05. The van der Waals surface area contributed by atoms with E-state index in [1.807, 2.05) is 37.3 Å². The summed E-state index contributed by atoms with van der Waals surface area (Å²) in [4.78, 5) is 20.8. The van der Waals surface area contributed by atoms with Crippen molar-refractivity contribution in [3.05, 3.63) is 83.8 Å². The van der Waals surface area contributed by atoms with E-state index < -0.39 is 6.10 Å². The van der Waals surface area contributed by atoms with Gasteiger partial charge in [-0.2, -0.15) is 0 Å². The number of nitrogens with one attached hydrogen (secondary N) is 1. The summed E-state index contributed by atoms with van der Waals surface area (Å²) in [6.07, 6.45) is 4.16. The topological polar surface area (TPSA) is 75.1 Å². The van der Waals surface area contributed by atoms with Crippen LogP contribution in [0.5, 0.6) is 0 Å². The molecule has 0 aliphatic rings. The summed E-state index contributed by atoms with van der Waals surface area (Å²) in [5.74, 6) is -0.224. The first kappa shape index (κ1) is 16.8. The number of aromatic nitrogens is 2. The monoisotopic (exact) mass is 333 g/mol. The molecule has 1 aromatic carbocycles. The molecule has 0 aliphatic heterocycles. The maximum Gasteiger partial charge on any atom is 0.251 e. The Morgan fingerprint density at radius 2 is 2.00 bits per heavy atom. The van der Waals surface area contributed by atoms with E-state index in [1.54, 1.807) is 36.8 Å². The van der Waals surface area contributed by atoms with Crippen LogP contribution in [0.1, 0.15) is 27.6 Å². The Balaban J connectivity index is 1.75. The van der Waals surface area contributed by atoms with Gasteiger partial charge in [0.2, 0.25) is 0 Å². The SMILES string of the molecule is Cc1c(C(=O)NC[C@@H](O)c2cccnc2)cccc1-c1ccccn1. The summed E-state index contributed by atoms with van der Waals surface area (Å²) in [5, 5.41) is 12.9. The second-order valence-corrected chi connectivity index (χ2v) is 5.71. The normalized spacial score (nSPS) is 11.8. The minimum absolute atomic E-state index is 0.123. The summed E-state index contributed by atoms with van der Waals surface area (Å²) in [7, 11) is 0. The zero-order chi connectivity index (χ0) is 17.6. The Morgan fingerprint density at radius 1 is 1.12 bits per heavy atom. The Morgan fingerprint density at radius 3 is 2.72 bits per heavy atom. The summed E-state index contributed by atoms with van der Waals surface area (Å²) >= 11 is 0. The Bertz CT molecular complexity index is 851. The van der Waals surface area contributed by atoms with E-state index >= 15 is 0 Å². The number of hydrogen-bond donors (Lipinski definition) is 2. The summed E-state index contributed by atoms with van der Waals surface area (Å²) in [6, 6.07) is 14.8. The van der Waals surface area contributed by atoms with E-state index in [9.17, 15) is 9.90 Å². The highest BCUT2D eigenvalue weighted by atomic mass is 16.3. The molecule has 3 aromatic rings. The molecule has 0 aliphatic carbocycles. The third kappa shape index (κ3) is 3.89. The number of pyridine rings is 2. The van der Waals surface area contributed by atoms with Gasteiger partial charge in [-0.15, -0.1) is 0 Å². The van der Waals surface area contributed by atoms with Crippen LogP contribution in [-0.4, -0.2) is 27.5 Å². The van der Waals surface area contributed by atoms with Gasteiger partial charge in [-0.3, -0.25) is 14.8 Å². The van der Waals surface area contributed by atoms with Gasteiger partial charge in [-0.05, 0) is 36.8 Å². The zero-order valence-electron chi connectivity index (χ0n) is 13.9. The molecule has 0 unspecified atom stereocenters. The van der Waals surface area contributed by atoms with E-state index in [0.717, 1.165) is 16.8 Å². The zero-order valence-corrected chi connectivity index (χ0v) is 13.9. The largest absolute Gasteiger partial charge is 0.387 e. The molecule has 2 N–H and O–H groups in total. The van der Waals surface area contributed by atoms with Crippen molar-refractivity contribution < 1.29 is 9.90 Å². The van der Waals surface area contributed by atoms with Crippen molar-refractivity contribution >= 4 is 5.91 Å². The number of carbonyl (C=O) groups is 1. The molecule has 0 saturated heterocycles. The van der Waals surface area contributed by atoms with Crippen molar-refractivity contribution in [1.82, 2.24) is 15.3 Å². The van der Waals surface area contributed by atoms with Gasteiger partial charge in [-0.25, -0.2) is 0 Å². The molecule has 126 valence electrons. The summed E-state index contributed by atoms with van der Waals surface area (Å²) in [5.41, 5.74) is 3.84. The summed E-state index contributed by atoms with van der Waals surface area (Å²) < 4.78 is 0. The first-order chi connectivity index (χ1) is 12.2. The second kappa shape index (κ2) is 7.68. The van der Waals surface area contributed by atoms with Crippen LogP contribution in [0.2, 0.25) is 0 Å². The van der Waals surface area contributed by atoms with E-state index in [-0.39, 0.29) is 12.5 Å². The Kier molecular flexibility index (Phi) is 5.16. The van der Waals surface area contributed by atoms with Crippen LogP contribution in [0.3, 0.4) is 0 Å². The van der Waals surface area contributed by atoms with Crippen molar-refractivity contribution in [3.63, 3.8) is 0 Å². The van der Waals surface area contributed by atoms with Gasteiger partial charge in [0.1, 0.15) is 0 Å². The number of aliphatic hydroxyl groups is 1. The fourth-order valence-electron chi connectivity index (χ4n) is 2.66. The van der Waals surface area contributed by atoms with Crippen molar-refractivity contribution in [3.8, 4) is 11.3 Å². The van der Waals surface area contributed by atoms with Crippen molar-refractivity contribution in [2.75, 3.05) is 6.54 Å². The standard InChI is InChI=1S/C20H19N3O2/c1-14-16(18-9-2-3-11-22-18)7-4-8-17(14)20(25)23-13-19(24)15-6-5-10-21-12-15/h2-12,19,24H,13H2,1H3,(H,23,25)/t19-/m1/s1. The van der Waals surface area contributed by atoms with Gasteiger partial charge in [0.15, 0.2) is 0 Å². The second-order valence-electron chi connectivity index (χ2n) is 5.71. The lowest BCUT2D eigenvalue weighted by Crippen LogP contribution is -2.29. The lowest BCUT2D eigenvalue weighted by molar-refractivity contribution is 0.0915. The molecule has 5 nitrogen and oxygen atoms in total. The van der Waals surface area contributed by atoms with Crippen molar-refractivity contribution in [1.29, 1.82) is 0 Å². The molecule has 0 bridgehead atoms. The lowest BCUT2D eigenvalue weighted by Gasteiger charge is -2.14. The predicted molar refractivity (Wildman–Crippen MR) is 95.9 cm³/mol. The fraction of sp³-hybridized carbons (Fsp3) is 0.150. The number of rotatable bonds is 5. The molecule has 25 heavy (non-hydrogen) atoms. The molecule has 0 spiro atoms. The highest BCUT2D eigenvalue weighted by Gasteiger charge is 2.15. The number of benzene rings is 1. The van der Waals surface area contributed by atoms with Crippen LogP contribution in [0.4, 0.5) is 0 Å². The van der Waals surface area contributed by atoms with Gasteiger partial charge in [-0.1, -0.05) is 24.3 Å². The van der Waals surface area contributed by atoms with Crippen LogP contribution in [-0.2, 0) is 0 Å². The third-order valence-electron chi connectivity index (χ3n) is 4.04. The molecular formula is C20H19N3O2. The molecule has 0 fully saturated rings. The van der Waals surface area contributed by atoms with Crippen molar-refractivity contribution in [2.45, 2.75) is 13.0 Å². The highest BCUT2D eigenvalue weighted by molar-refractivity contribution is 5.97. The average Bonchev–Trinajstić information content (AvgIpc) is 2.67. The van der Waals surface area contributed by atoms with Gasteiger partial charge in [0, 0.05) is 41.8 Å². The maximum absolute atomic E-state index is 12.5. The quantitative estimate of drug-likeness (QED) is 0.753. The molecule has 1 atom stereocenters. The van der Waals surface area contributed by atoms with Gasteiger partial charge in [0.25, 0.3) is 5.91 Å². The number of nitrogens with zero attached hydrogens (tertiary/aromatic N) is 2. The molecule has 3 rings (SSSR count). The molecule has 0 saturated carbocycles. The number of hydrogen-bond acceptors (Lipinski definition) is 4. The minimum atomic E-state index is -0.795. The summed E-state index contributed by atoms with van der Waals surface area (Å²) in [6.45, 7) is 2.02. The first-order valence-electron chi connectivity index (χ1n) is 8.04. The van der Waals surface area contributed by atoms with Crippen molar-refractivity contribution in [2.24, 2.45) is 0 Å². The smallest absolute Gasteiger partial charge is 0.251 e. The molecule has 1 amide bonds. The van der Waals surface area contributed by atoms with E-state index in [0.29, 0.717) is 11.1 Å². The third-order valence-corrected chi connectivity index (χ3v) is 4.04.